The molecule has 0 amide bonds. The Morgan fingerprint density at radius 1 is 1.38 bits per heavy atom. The molecule has 0 spiro atoms. The third-order valence-electron chi connectivity index (χ3n) is 2.61. The molecule has 1 aliphatic carbocycles. The Hall–Kier alpha value is -1.10. The van der Waals surface area contributed by atoms with E-state index in [1.54, 1.807) is 0 Å². The lowest BCUT2D eigenvalue weighted by Gasteiger charge is -2.21. The molecule has 16 heavy (non-hydrogen) atoms. The molecule has 5 heteroatoms. The lowest BCUT2D eigenvalue weighted by Crippen LogP contribution is -2.30. The lowest BCUT2D eigenvalue weighted by atomic mass is 10.2. The van der Waals surface area contributed by atoms with Gasteiger partial charge >= 0.3 is 6.01 Å². The maximum absolute atomic E-state index is 5.71. The highest BCUT2D eigenvalue weighted by atomic mass is 16.4. The minimum Gasteiger partial charge on any atom is -0.406 e. The van der Waals surface area contributed by atoms with Crippen molar-refractivity contribution in [3.05, 3.63) is 5.89 Å². The van der Waals surface area contributed by atoms with E-state index in [1.165, 1.54) is 12.8 Å². The maximum atomic E-state index is 5.71. The van der Waals surface area contributed by atoms with Crippen molar-refractivity contribution in [1.82, 2.24) is 10.2 Å². The van der Waals surface area contributed by atoms with Gasteiger partial charge in [0.25, 0.3) is 0 Å². The quantitative estimate of drug-likeness (QED) is 0.824. The van der Waals surface area contributed by atoms with Gasteiger partial charge in [-0.2, -0.15) is 0 Å². The third kappa shape index (κ3) is 2.52. The molecule has 1 heterocycles. The van der Waals surface area contributed by atoms with Crippen LogP contribution in [0.15, 0.2) is 4.42 Å². The Morgan fingerprint density at radius 2 is 2.06 bits per heavy atom. The van der Waals surface area contributed by atoms with E-state index in [9.17, 15) is 0 Å². The molecule has 1 aromatic heterocycles. The van der Waals surface area contributed by atoms with Crippen LogP contribution in [0.1, 0.15) is 45.5 Å². The van der Waals surface area contributed by atoms with Crippen molar-refractivity contribution in [3.8, 4) is 0 Å². The first-order chi connectivity index (χ1) is 7.58. The van der Waals surface area contributed by atoms with Crippen LogP contribution in [-0.4, -0.2) is 22.8 Å². The molecule has 5 nitrogen and oxygen atoms in total. The predicted molar refractivity (Wildman–Crippen MR) is 62.1 cm³/mol. The van der Waals surface area contributed by atoms with Gasteiger partial charge in [-0.1, -0.05) is 18.9 Å². The molecule has 0 aliphatic heterocycles. The Kier molecular flexibility index (Phi) is 3.14. The maximum Gasteiger partial charge on any atom is 0.318 e. The molecule has 1 aromatic rings. The van der Waals surface area contributed by atoms with Crippen LogP contribution >= 0.6 is 0 Å². The highest BCUT2D eigenvalue weighted by molar-refractivity contribution is 5.29. The molecule has 1 aliphatic rings. The highest BCUT2D eigenvalue weighted by Crippen LogP contribution is 2.31. The molecule has 90 valence electrons. The SMILES string of the molecule is CC(C)CN(c1nnc(C(C)N)o1)C1CC1. The summed E-state index contributed by atoms with van der Waals surface area (Å²) in [7, 11) is 0. The van der Waals surface area contributed by atoms with Crippen molar-refractivity contribution >= 4 is 6.01 Å². The van der Waals surface area contributed by atoms with Crippen molar-refractivity contribution in [2.24, 2.45) is 11.7 Å². The molecule has 1 atom stereocenters. The first kappa shape index (κ1) is 11.4. The summed E-state index contributed by atoms with van der Waals surface area (Å²) in [6, 6.07) is 1.02. The van der Waals surface area contributed by atoms with Crippen LogP contribution < -0.4 is 10.6 Å². The second-order valence-corrected chi connectivity index (χ2v) is 4.99. The van der Waals surface area contributed by atoms with E-state index in [4.69, 9.17) is 10.2 Å². The van der Waals surface area contributed by atoms with Gasteiger partial charge in [-0.25, -0.2) is 0 Å². The topological polar surface area (TPSA) is 68.2 Å². The second kappa shape index (κ2) is 4.41. The minimum absolute atomic E-state index is 0.193. The molecule has 1 saturated carbocycles. The molecule has 1 unspecified atom stereocenters. The van der Waals surface area contributed by atoms with Gasteiger partial charge in [0.15, 0.2) is 0 Å². The zero-order valence-electron chi connectivity index (χ0n) is 10.2. The number of nitrogens with zero attached hydrogens (tertiary/aromatic N) is 3. The summed E-state index contributed by atoms with van der Waals surface area (Å²) < 4.78 is 5.59. The Balaban J connectivity index is 2.11. The van der Waals surface area contributed by atoms with Crippen molar-refractivity contribution in [2.75, 3.05) is 11.4 Å². The smallest absolute Gasteiger partial charge is 0.318 e. The molecule has 0 bridgehead atoms. The van der Waals surface area contributed by atoms with Crippen LogP contribution in [0.3, 0.4) is 0 Å². The Morgan fingerprint density at radius 3 is 2.50 bits per heavy atom. The van der Waals surface area contributed by atoms with Gasteiger partial charge in [-0.05, 0) is 25.7 Å². The highest BCUT2D eigenvalue weighted by Gasteiger charge is 2.32. The van der Waals surface area contributed by atoms with Gasteiger partial charge in [0, 0.05) is 12.6 Å². The number of hydrogen-bond donors (Lipinski definition) is 1. The lowest BCUT2D eigenvalue weighted by molar-refractivity contribution is 0.446. The third-order valence-corrected chi connectivity index (χ3v) is 2.61. The normalized spacial score (nSPS) is 17.8. The van der Waals surface area contributed by atoms with Gasteiger partial charge in [-0.15, -0.1) is 5.10 Å². The molecule has 0 aromatic carbocycles. The van der Waals surface area contributed by atoms with Gasteiger partial charge < -0.3 is 15.1 Å². The van der Waals surface area contributed by atoms with Gasteiger partial charge in [0.1, 0.15) is 0 Å². The number of nitrogens with two attached hydrogens (primary N) is 1. The van der Waals surface area contributed by atoms with E-state index in [1.807, 2.05) is 6.92 Å². The largest absolute Gasteiger partial charge is 0.406 e. The molecule has 0 saturated heterocycles. The molecular formula is C11H20N4O. The average molecular weight is 224 g/mol. The predicted octanol–water partition coefficient (Wildman–Crippen LogP) is 1.71. The van der Waals surface area contributed by atoms with Crippen LogP contribution in [0.4, 0.5) is 6.01 Å². The van der Waals surface area contributed by atoms with E-state index < -0.39 is 0 Å². The van der Waals surface area contributed by atoms with E-state index in [2.05, 4.69) is 28.9 Å². The first-order valence-corrected chi connectivity index (χ1v) is 5.93. The second-order valence-electron chi connectivity index (χ2n) is 4.99. The summed E-state index contributed by atoms with van der Waals surface area (Å²) in [6.07, 6.45) is 2.45. The van der Waals surface area contributed by atoms with Crippen molar-refractivity contribution < 1.29 is 4.42 Å². The number of rotatable bonds is 5. The van der Waals surface area contributed by atoms with Crippen LogP contribution in [0.5, 0.6) is 0 Å². The Bertz CT molecular complexity index is 344. The molecule has 1 fully saturated rings. The van der Waals surface area contributed by atoms with Crippen molar-refractivity contribution in [3.63, 3.8) is 0 Å². The average Bonchev–Trinajstić information content (AvgIpc) is 2.91. The summed E-state index contributed by atoms with van der Waals surface area (Å²) in [5, 5.41) is 8.05. The fraction of sp³-hybridized carbons (Fsp3) is 0.818. The van der Waals surface area contributed by atoms with E-state index in [0.29, 0.717) is 23.9 Å². The summed E-state index contributed by atoms with van der Waals surface area (Å²) in [4.78, 5) is 2.21. The van der Waals surface area contributed by atoms with Crippen LogP contribution in [0.2, 0.25) is 0 Å². The number of anilines is 1. The summed E-state index contributed by atoms with van der Waals surface area (Å²) >= 11 is 0. The minimum atomic E-state index is -0.193. The zero-order valence-corrected chi connectivity index (χ0v) is 10.2. The van der Waals surface area contributed by atoms with E-state index in [-0.39, 0.29) is 6.04 Å². The zero-order chi connectivity index (χ0) is 11.7. The summed E-state index contributed by atoms with van der Waals surface area (Å²) in [6.45, 7) is 7.20. The fourth-order valence-electron chi connectivity index (χ4n) is 1.69. The molecule has 2 N–H and O–H groups in total. The summed E-state index contributed by atoms with van der Waals surface area (Å²) in [5.41, 5.74) is 5.71. The van der Waals surface area contributed by atoms with Crippen molar-refractivity contribution in [2.45, 2.75) is 45.7 Å². The van der Waals surface area contributed by atoms with Crippen molar-refractivity contribution in [1.29, 1.82) is 0 Å². The molecular weight excluding hydrogens is 204 g/mol. The van der Waals surface area contributed by atoms with Gasteiger partial charge in [0.05, 0.1) is 6.04 Å². The number of hydrogen-bond acceptors (Lipinski definition) is 5. The molecule has 0 radical (unpaired) electrons. The van der Waals surface area contributed by atoms with E-state index >= 15 is 0 Å². The fourth-order valence-corrected chi connectivity index (χ4v) is 1.69. The standard InChI is InChI=1S/C11H20N4O/c1-7(2)6-15(9-4-5-9)11-14-13-10(16-11)8(3)12/h7-9H,4-6,12H2,1-3H3. The van der Waals surface area contributed by atoms with E-state index in [0.717, 1.165) is 6.54 Å². The monoisotopic (exact) mass is 224 g/mol. The van der Waals surface area contributed by atoms with Crippen LogP contribution in [-0.2, 0) is 0 Å². The number of aromatic nitrogens is 2. The summed E-state index contributed by atoms with van der Waals surface area (Å²) in [5.74, 6) is 1.11. The van der Waals surface area contributed by atoms with Crippen LogP contribution in [0, 0.1) is 5.92 Å². The Labute approximate surface area is 96.0 Å². The first-order valence-electron chi connectivity index (χ1n) is 5.93. The van der Waals surface area contributed by atoms with Crippen LogP contribution in [0.25, 0.3) is 0 Å². The van der Waals surface area contributed by atoms with Gasteiger partial charge in [0.2, 0.25) is 5.89 Å². The van der Waals surface area contributed by atoms with Gasteiger partial charge in [-0.3, -0.25) is 0 Å². The molecule has 2 rings (SSSR count).